The molecule has 2 aliphatic rings. The average molecular weight is 1200 g/mol. The van der Waals surface area contributed by atoms with Gasteiger partial charge in [-0.3, -0.25) is 0 Å². The van der Waals surface area contributed by atoms with E-state index in [9.17, 15) is 15.8 Å². The van der Waals surface area contributed by atoms with Gasteiger partial charge in [0.1, 0.15) is 0 Å². The summed E-state index contributed by atoms with van der Waals surface area (Å²) in [4.78, 5) is 35.6. The SMILES string of the molecule is N#Cc1ccc2c(c1)B1c3cc(C#N)ccc3N(c3ccccc3)c3cc(-c4ccc5c(c4)c4cc(-c6nc(-c7ccccc7)nc(-c7ccccc7)n6)ccc4n5-c4ccc(C#N)cc4-c4nc(-c5ccccc5)nc(-c5ccccc5)n4)cc(c31)N2c1ccccc1. The summed E-state index contributed by atoms with van der Waals surface area (Å²) in [7, 11) is 0. The lowest BCUT2D eigenvalue weighted by molar-refractivity contribution is 1.06. The van der Waals surface area contributed by atoms with Crippen LogP contribution >= 0.6 is 0 Å². The van der Waals surface area contributed by atoms with Gasteiger partial charge in [0.05, 0.1) is 51.6 Å². The molecule has 12 nitrogen and oxygen atoms in total. The minimum absolute atomic E-state index is 0.344. The van der Waals surface area contributed by atoms with Crippen LogP contribution in [0.1, 0.15) is 16.7 Å². The monoisotopic (exact) mass is 1200 g/mol. The Labute approximate surface area is 541 Å². The molecule has 0 radical (unpaired) electrons. The lowest BCUT2D eigenvalue weighted by atomic mass is 9.33. The van der Waals surface area contributed by atoms with Crippen molar-refractivity contribution in [2.45, 2.75) is 0 Å². The number of nitrogens with zero attached hydrogens (tertiary/aromatic N) is 12. The molecule has 434 valence electrons. The Balaban J connectivity index is 0.942. The van der Waals surface area contributed by atoms with Crippen LogP contribution in [0.5, 0.6) is 0 Å². The first-order chi connectivity index (χ1) is 46.4. The van der Waals surface area contributed by atoms with E-state index in [2.05, 4.69) is 142 Å². The molecule has 0 amide bonds. The molecular formula is C81H47BN12. The van der Waals surface area contributed by atoms with Gasteiger partial charge in [-0.05, 0) is 149 Å². The van der Waals surface area contributed by atoms with Gasteiger partial charge in [0.2, 0.25) is 0 Å². The Morgan fingerprint density at radius 3 is 1.04 bits per heavy atom. The number of fused-ring (bicyclic) bond motifs is 7. The van der Waals surface area contributed by atoms with Crippen LogP contribution in [-0.2, 0) is 0 Å². The molecule has 0 spiro atoms. The van der Waals surface area contributed by atoms with Crippen molar-refractivity contribution >= 4 is 79.0 Å². The van der Waals surface area contributed by atoms with Crippen LogP contribution in [0.25, 0.3) is 107 Å². The lowest BCUT2D eigenvalue weighted by Crippen LogP contribution is -2.61. The summed E-state index contributed by atoms with van der Waals surface area (Å²) in [6.45, 7) is -0.344. The van der Waals surface area contributed by atoms with Gasteiger partial charge in [-0.15, -0.1) is 0 Å². The Morgan fingerprint density at radius 1 is 0.277 bits per heavy atom. The minimum Gasteiger partial charge on any atom is -0.311 e. The molecule has 13 heteroatoms. The average Bonchev–Trinajstić information content (AvgIpc) is 0.781. The predicted molar refractivity (Wildman–Crippen MR) is 374 cm³/mol. The smallest absolute Gasteiger partial charge is 0.252 e. The number of hydrogen-bond acceptors (Lipinski definition) is 11. The zero-order valence-corrected chi connectivity index (χ0v) is 50.1. The van der Waals surface area contributed by atoms with Crippen molar-refractivity contribution in [1.82, 2.24) is 34.5 Å². The van der Waals surface area contributed by atoms with E-state index in [4.69, 9.17) is 29.9 Å². The molecule has 0 N–H and O–H groups in total. The first-order valence-corrected chi connectivity index (χ1v) is 30.8. The van der Waals surface area contributed by atoms with E-state index in [1.54, 1.807) is 0 Å². The van der Waals surface area contributed by atoms with Crippen LogP contribution in [0, 0.1) is 34.0 Å². The molecular weight excluding hydrogens is 1150 g/mol. The van der Waals surface area contributed by atoms with E-state index in [1.807, 2.05) is 176 Å². The van der Waals surface area contributed by atoms with Crippen LogP contribution in [0.15, 0.2) is 285 Å². The molecule has 2 aliphatic heterocycles. The van der Waals surface area contributed by atoms with E-state index in [-0.39, 0.29) is 6.71 Å². The molecule has 0 saturated carbocycles. The van der Waals surface area contributed by atoms with Crippen LogP contribution in [0.3, 0.4) is 0 Å². The van der Waals surface area contributed by atoms with Gasteiger partial charge < -0.3 is 14.4 Å². The second-order valence-corrected chi connectivity index (χ2v) is 23.2. The van der Waals surface area contributed by atoms with Crippen molar-refractivity contribution in [1.29, 1.82) is 15.8 Å². The van der Waals surface area contributed by atoms with Gasteiger partial charge in [-0.1, -0.05) is 164 Å². The lowest BCUT2D eigenvalue weighted by Gasteiger charge is -2.44. The largest absolute Gasteiger partial charge is 0.311 e. The molecule has 0 saturated heterocycles. The Kier molecular flexibility index (Phi) is 13.1. The van der Waals surface area contributed by atoms with Crippen molar-refractivity contribution < 1.29 is 0 Å². The third-order valence-corrected chi connectivity index (χ3v) is 17.7. The maximum Gasteiger partial charge on any atom is 0.252 e. The number of benzene rings is 12. The van der Waals surface area contributed by atoms with Crippen molar-refractivity contribution in [2.75, 3.05) is 9.80 Å². The standard InChI is InChI=1S/C81H47BN12/c83-48-51-31-36-70(65(41-51)81-90-78(56-23-11-3-12-24-56)87-79(91-81)57-25-13-4-14-26-57)94-68-39-34-58(44-63(68)64-45-59(35-40-69(64)94)80-88-76(54-19-7-1-8-20-54)86-77(89-80)55-21-9-2-10-22-55)60-46-73-75-74(47-60)93(62-29-17-6-18-30-62)72-38-33-53(50-85)43-67(72)82(75)66-42-52(49-84)32-37-71(66)92(73)61-27-15-5-16-28-61/h1-47H. The summed E-state index contributed by atoms with van der Waals surface area (Å²) in [6.07, 6.45) is 0. The van der Waals surface area contributed by atoms with Gasteiger partial charge in [0.15, 0.2) is 34.9 Å². The van der Waals surface area contributed by atoms with Crippen molar-refractivity contribution in [3.63, 3.8) is 0 Å². The Bertz CT molecular complexity index is 5420. The molecule has 0 aliphatic carbocycles. The molecule has 5 heterocycles. The Hall–Kier alpha value is -13.4. The highest BCUT2D eigenvalue weighted by molar-refractivity contribution is 7.00. The second kappa shape index (κ2) is 22.6. The van der Waals surface area contributed by atoms with Gasteiger partial charge in [-0.25, -0.2) is 29.9 Å². The number of anilines is 6. The molecule has 15 aromatic rings. The predicted octanol–water partition coefficient (Wildman–Crippen LogP) is 16.5. The third-order valence-electron chi connectivity index (χ3n) is 17.7. The molecule has 12 aromatic carbocycles. The Morgan fingerprint density at radius 2 is 0.628 bits per heavy atom. The summed E-state index contributed by atoms with van der Waals surface area (Å²) in [6, 6.07) is 103. The van der Waals surface area contributed by atoms with Gasteiger partial charge >= 0.3 is 0 Å². The normalized spacial score (nSPS) is 11.9. The number of rotatable bonds is 10. The fourth-order valence-corrected chi connectivity index (χ4v) is 13.5. The summed E-state index contributed by atoms with van der Waals surface area (Å²) in [5.74, 6) is 2.99. The highest BCUT2D eigenvalue weighted by Gasteiger charge is 2.44. The molecule has 0 atom stereocenters. The number of nitriles is 3. The van der Waals surface area contributed by atoms with E-state index in [0.29, 0.717) is 57.2 Å². The number of aromatic nitrogens is 7. The second-order valence-electron chi connectivity index (χ2n) is 23.2. The molecule has 17 rings (SSSR count). The molecule has 3 aromatic heterocycles. The van der Waals surface area contributed by atoms with Gasteiger partial charge in [0.25, 0.3) is 6.71 Å². The topological polar surface area (TPSA) is 160 Å². The minimum atomic E-state index is -0.344. The first-order valence-electron chi connectivity index (χ1n) is 30.8. The number of para-hydroxylation sites is 2. The zero-order chi connectivity index (χ0) is 62.8. The third kappa shape index (κ3) is 9.30. The van der Waals surface area contributed by atoms with Gasteiger partial charge in [-0.2, -0.15) is 15.8 Å². The highest BCUT2D eigenvalue weighted by atomic mass is 15.2. The fourth-order valence-electron chi connectivity index (χ4n) is 13.5. The van der Waals surface area contributed by atoms with Crippen molar-refractivity contribution in [3.8, 4) is 103 Å². The summed E-state index contributed by atoms with van der Waals surface area (Å²) in [5.41, 5.74) is 19.4. The summed E-state index contributed by atoms with van der Waals surface area (Å²) >= 11 is 0. The van der Waals surface area contributed by atoms with E-state index in [1.165, 1.54) is 0 Å². The van der Waals surface area contributed by atoms with Crippen LogP contribution in [0.2, 0.25) is 0 Å². The van der Waals surface area contributed by atoms with Crippen molar-refractivity contribution in [3.05, 3.63) is 302 Å². The summed E-state index contributed by atoms with van der Waals surface area (Å²) in [5, 5.41) is 33.5. The highest BCUT2D eigenvalue weighted by Crippen LogP contribution is 2.48. The van der Waals surface area contributed by atoms with Crippen LogP contribution in [-0.4, -0.2) is 41.2 Å². The first kappa shape index (κ1) is 54.7. The quantitative estimate of drug-likeness (QED) is 0.120. The summed E-state index contributed by atoms with van der Waals surface area (Å²) < 4.78 is 2.25. The van der Waals surface area contributed by atoms with Crippen LogP contribution < -0.4 is 26.2 Å². The maximum atomic E-state index is 10.7. The molecule has 0 bridgehead atoms. The molecule has 0 fully saturated rings. The zero-order valence-electron chi connectivity index (χ0n) is 50.1. The van der Waals surface area contributed by atoms with Gasteiger partial charge in [0, 0.05) is 78.3 Å². The van der Waals surface area contributed by atoms with Crippen LogP contribution in [0.4, 0.5) is 34.1 Å². The maximum absolute atomic E-state index is 10.7. The van der Waals surface area contributed by atoms with E-state index in [0.717, 1.165) is 117 Å². The number of hydrogen-bond donors (Lipinski definition) is 0. The van der Waals surface area contributed by atoms with E-state index >= 15 is 0 Å². The molecule has 0 unspecified atom stereocenters. The van der Waals surface area contributed by atoms with Crippen molar-refractivity contribution in [2.24, 2.45) is 0 Å². The van der Waals surface area contributed by atoms with E-state index < -0.39 is 0 Å². The fraction of sp³-hybridized carbons (Fsp3) is 0. The molecule has 94 heavy (non-hydrogen) atoms.